The zero-order chi connectivity index (χ0) is 14.0. The van der Waals surface area contributed by atoms with E-state index in [1.807, 2.05) is 0 Å². The summed E-state index contributed by atoms with van der Waals surface area (Å²) in [4.78, 5) is 10.9. The number of hydrogen-bond donors (Lipinski definition) is 1. The minimum Gasteiger partial charge on any atom is -0.478 e. The molecule has 0 aliphatic carbocycles. The van der Waals surface area contributed by atoms with Gasteiger partial charge in [0.05, 0.1) is 10.6 Å². The average Bonchev–Trinajstić information content (AvgIpc) is 2.32. The van der Waals surface area contributed by atoms with Gasteiger partial charge in [0.15, 0.2) is 0 Å². The number of rotatable bonds is 3. The highest BCUT2D eigenvalue weighted by molar-refractivity contribution is 9.10. The molecule has 2 rings (SSSR count). The maximum absolute atomic E-state index is 10.9. The molecule has 0 radical (unpaired) electrons. The van der Waals surface area contributed by atoms with E-state index in [1.54, 1.807) is 30.3 Å². The van der Waals surface area contributed by atoms with E-state index in [-0.39, 0.29) is 5.56 Å². The summed E-state index contributed by atoms with van der Waals surface area (Å²) in [5.74, 6) is -0.0925. The van der Waals surface area contributed by atoms with Crippen molar-refractivity contribution >= 4 is 45.1 Å². The molecule has 0 aliphatic rings. The van der Waals surface area contributed by atoms with Crippen LogP contribution in [0.25, 0.3) is 0 Å². The number of aromatic carboxylic acids is 1. The standard InChI is InChI=1S/C13H7BrCl2O3/c14-10-6-8(2-3-9(10)13(17)18)19-12-4-1-7(15)5-11(12)16/h1-6H,(H,17,18). The van der Waals surface area contributed by atoms with E-state index in [4.69, 9.17) is 33.0 Å². The van der Waals surface area contributed by atoms with Gasteiger partial charge in [0.2, 0.25) is 0 Å². The van der Waals surface area contributed by atoms with E-state index < -0.39 is 5.97 Å². The van der Waals surface area contributed by atoms with Gasteiger partial charge in [-0.15, -0.1) is 0 Å². The first-order valence-corrected chi connectivity index (χ1v) is 6.68. The second-order valence-electron chi connectivity index (χ2n) is 3.62. The van der Waals surface area contributed by atoms with Crippen molar-refractivity contribution in [2.45, 2.75) is 0 Å². The van der Waals surface area contributed by atoms with E-state index in [9.17, 15) is 4.79 Å². The minimum absolute atomic E-state index is 0.162. The fourth-order valence-electron chi connectivity index (χ4n) is 1.42. The lowest BCUT2D eigenvalue weighted by atomic mass is 10.2. The Kier molecular flexibility index (Phi) is 4.34. The number of ether oxygens (including phenoxy) is 1. The number of halogens is 3. The molecule has 0 bridgehead atoms. The number of hydrogen-bond acceptors (Lipinski definition) is 2. The summed E-state index contributed by atoms with van der Waals surface area (Å²) in [7, 11) is 0. The molecule has 98 valence electrons. The summed E-state index contributed by atoms with van der Waals surface area (Å²) in [6, 6.07) is 9.44. The van der Waals surface area contributed by atoms with Crippen LogP contribution in [0.15, 0.2) is 40.9 Å². The molecule has 0 amide bonds. The Morgan fingerprint density at radius 2 is 1.89 bits per heavy atom. The highest BCUT2D eigenvalue weighted by Gasteiger charge is 2.10. The van der Waals surface area contributed by atoms with Crippen LogP contribution in [-0.4, -0.2) is 11.1 Å². The maximum Gasteiger partial charge on any atom is 0.336 e. The Morgan fingerprint density at radius 3 is 2.47 bits per heavy atom. The van der Waals surface area contributed by atoms with Gasteiger partial charge in [-0.3, -0.25) is 0 Å². The molecule has 1 N–H and O–H groups in total. The molecule has 3 nitrogen and oxygen atoms in total. The molecule has 0 fully saturated rings. The van der Waals surface area contributed by atoms with Gasteiger partial charge in [0.1, 0.15) is 11.5 Å². The van der Waals surface area contributed by atoms with Crippen LogP contribution in [-0.2, 0) is 0 Å². The topological polar surface area (TPSA) is 46.5 Å². The number of carboxylic acids is 1. The fourth-order valence-corrected chi connectivity index (χ4v) is 2.39. The predicted octanol–water partition coefficient (Wildman–Crippen LogP) is 5.25. The summed E-state index contributed by atoms with van der Waals surface area (Å²) in [6.07, 6.45) is 0. The molecule has 2 aromatic carbocycles. The summed E-state index contributed by atoms with van der Waals surface area (Å²) in [5, 5.41) is 9.81. The van der Waals surface area contributed by atoms with Crippen LogP contribution in [0.5, 0.6) is 11.5 Å². The Bertz CT molecular complexity index is 644. The van der Waals surface area contributed by atoms with Crippen LogP contribution in [0, 0.1) is 0 Å². The molecule has 6 heteroatoms. The van der Waals surface area contributed by atoms with Crippen molar-refractivity contribution in [3.63, 3.8) is 0 Å². The molecule has 0 unspecified atom stereocenters. The molecule has 0 saturated carbocycles. The maximum atomic E-state index is 10.9. The van der Waals surface area contributed by atoms with Gasteiger partial charge in [0.25, 0.3) is 0 Å². The molecule has 0 aromatic heterocycles. The highest BCUT2D eigenvalue weighted by Crippen LogP contribution is 2.33. The van der Waals surface area contributed by atoms with Crippen LogP contribution >= 0.6 is 39.1 Å². The second kappa shape index (κ2) is 5.82. The SMILES string of the molecule is O=C(O)c1ccc(Oc2ccc(Cl)cc2Cl)cc1Br. The summed E-state index contributed by atoms with van der Waals surface area (Å²) >= 11 is 14.9. The predicted molar refractivity (Wildman–Crippen MR) is 77.6 cm³/mol. The summed E-state index contributed by atoms with van der Waals surface area (Å²) < 4.78 is 6.00. The molecular weight excluding hydrogens is 355 g/mol. The normalized spacial score (nSPS) is 10.3. The van der Waals surface area contributed by atoms with Gasteiger partial charge in [-0.25, -0.2) is 4.79 Å². The van der Waals surface area contributed by atoms with E-state index in [0.29, 0.717) is 26.0 Å². The van der Waals surface area contributed by atoms with E-state index in [0.717, 1.165) is 0 Å². The smallest absolute Gasteiger partial charge is 0.336 e. The van der Waals surface area contributed by atoms with Gasteiger partial charge in [-0.1, -0.05) is 23.2 Å². The zero-order valence-electron chi connectivity index (χ0n) is 9.36. The Labute approximate surface area is 127 Å². The van der Waals surface area contributed by atoms with Crippen LogP contribution in [0.4, 0.5) is 0 Å². The Morgan fingerprint density at radius 1 is 1.16 bits per heavy atom. The average molecular weight is 362 g/mol. The third-order valence-electron chi connectivity index (χ3n) is 2.29. The van der Waals surface area contributed by atoms with Gasteiger partial charge >= 0.3 is 5.97 Å². The second-order valence-corrected chi connectivity index (χ2v) is 5.32. The first-order chi connectivity index (χ1) is 8.97. The molecule has 0 saturated heterocycles. The minimum atomic E-state index is -1.01. The Balaban J connectivity index is 2.29. The van der Waals surface area contributed by atoms with Gasteiger partial charge in [-0.2, -0.15) is 0 Å². The third kappa shape index (κ3) is 3.41. The van der Waals surface area contributed by atoms with Crippen molar-refractivity contribution < 1.29 is 14.6 Å². The van der Waals surface area contributed by atoms with E-state index in [1.165, 1.54) is 6.07 Å². The van der Waals surface area contributed by atoms with Crippen molar-refractivity contribution in [1.29, 1.82) is 0 Å². The molecule has 2 aromatic rings. The first kappa shape index (κ1) is 14.2. The molecule has 0 aliphatic heterocycles. The van der Waals surface area contributed by atoms with Crippen LogP contribution < -0.4 is 4.74 Å². The third-order valence-corrected chi connectivity index (χ3v) is 3.48. The summed E-state index contributed by atoms with van der Waals surface area (Å²) in [5.41, 5.74) is 0.162. The molecule has 19 heavy (non-hydrogen) atoms. The monoisotopic (exact) mass is 360 g/mol. The quantitative estimate of drug-likeness (QED) is 0.812. The molecule has 0 heterocycles. The number of benzene rings is 2. The van der Waals surface area contributed by atoms with Crippen LogP contribution in [0.2, 0.25) is 10.0 Å². The first-order valence-electron chi connectivity index (χ1n) is 5.13. The van der Waals surface area contributed by atoms with Crippen molar-refractivity contribution in [2.75, 3.05) is 0 Å². The van der Waals surface area contributed by atoms with Gasteiger partial charge in [-0.05, 0) is 52.3 Å². The van der Waals surface area contributed by atoms with Crippen molar-refractivity contribution in [3.8, 4) is 11.5 Å². The van der Waals surface area contributed by atoms with Crippen molar-refractivity contribution in [2.24, 2.45) is 0 Å². The lowest BCUT2D eigenvalue weighted by Crippen LogP contribution is -1.97. The van der Waals surface area contributed by atoms with Gasteiger partial charge in [0, 0.05) is 9.50 Å². The van der Waals surface area contributed by atoms with Crippen molar-refractivity contribution in [1.82, 2.24) is 0 Å². The highest BCUT2D eigenvalue weighted by atomic mass is 79.9. The van der Waals surface area contributed by atoms with Gasteiger partial charge < -0.3 is 9.84 Å². The molecule has 0 spiro atoms. The lowest BCUT2D eigenvalue weighted by molar-refractivity contribution is 0.0696. The summed E-state index contributed by atoms with van der Waals surface area (Å²) in [6.45, 7) is 0. The van der Waals surface area contributed by atoms with E-state index in [2.05, 4.69) is 15.9 Å². The molecule has 0 atom stereocenters. The largest absolute Gasteiger partial charge is 0.478 e. The molecular formula is C13H7BrCl2O3. The fraction of sp³-hybridized carbons (Fsp3) is 0. The van der Waals surface area contributed by atoms with Crippen molar-refractivity contribution in [3.05, 3.63) is 56.5 Å². The lowest BCUT2D eigenvalue weighted by Gasteiger charge is -2.09. The number of carboxylic acid groups (broad SMARTS) is 1. The van der Waals surface area contributed by atoms with Crippen LogP contribution in [0.1, 0.15) is 10.4 Å². The number of carbonyl (C=O) groups is 1. The van der Waals surface area contributed by atoms with Crippen LogP contribution in [0.3, 0.4) is 0 Å². The van der Waals surface area contributed by atoms with E-state index >= 15 is 0 Å². The zero-order valence-corrected chi connectivity index (χ0v) is 12.5. The Hall–Kier alpha value is -1.23.